The zero-order valence-corrected chi connectivity index (χ0v) is 41.3. The number of ether oxygens (including phenoxy) is 3. The molecule has 5 atom stereocenters. The van der Waals surface area contributed by atoms with Gasteiger partial charge in [-0.25, -0.2) is 14.6 Å². The summed E-state index contributed by atoms with van der Waals surface area (Å²) in [4.78, 5) is 53.6. The molecule has 4 aliphatic rings. The first-order chi connectivity index (χ1) is 32.2. The highest BCUT2D eigenvalue weighted by atomic mass is 32.1. The van der Waals surface area contributed by atoms with Gasteiger partial charge in [-0.05, 0) is 96.6 Å². The van der Waals surface area contributed by atoms with Gasteiger partial charge in [0.15, 0.2) is 10.8 Å². The quantitative estimate of drug-likeness (QED) is 0.0361. The summed E-state index contributed by atoms with van der Waals surface area (Å²) in [5, 5.41) is 12.5. The lowest BCUT2D eigenvalue weighted by Crippen LogP contribution is -2.65. The molecule has 2 heterocycles. The lowest BCUT2D eigenvalue weighted by atomic mass is 9.43. The first-order valence-corrected chi connectivity index (χ1v) is 24.0. The zero-order chi connectivity index (χ0) is 48.6. The monoisotopic (exact) mass is 940 g/mol. The smallest absolute Gasteiger partial charge is 0.482 e. The SMILES string of the molecule is COc1c(C[C@H](NC(=O)C(=NOC(c2ccccc2)(c2ccccc2)c2ccccc2)c2csc(NC(=O)OC(C)(C)C)n2)B2OC3CC4CC(C4(C)C)C3(C)O2)cccc1C(=O)OC(C)(C)C. The minimum absolute atomic E-state index is 0.0583. The Morgan fingerprint density at radius 1 is 0.824 bits per heavy atom. The number of hydrogen-bond donors (Lipinski definition) is 2. The second kappa shape index (κ2) is 18.8. The molecule has 2 N–H and O–H groups in total. The minimum atomic E-state index is -1.35. The number of thiazole rings is 1. The predicted octanol–water partition coefficient (Wildman–Crippen LogP) is 10.2. The van der Waals surface area contributed by atoms with Crippen molar-refractivity contribution in [1.29, 1.82) is 0 Å². The Kier molecular flexibility index (Phi) is 13.4. The van der Waals surface area contributed by atoms with E-state index in [4.69, 9.17) is 38.5 Å². The van der Waals surface area contributed by atoms with Gasteiger partial charge in [-0.1, -0.05) is 122 Å². The van der Waals surface area contributed by atoms with Crippen LogP contribution in [0, 0.1) is 17.3 Å². The molecule has 356 valence electrons. The van der Waals surface area contributed by atoms with E-state index in [9.17, 15) is 9.59 Å². The molecule has 1 saturated heterocycles. The number of nitrogens with one attached hydrogen (secondary N) is 2. The number of para-hydroxylation sites is 1. The topological polar surface area (TPSA) is 156 Å². The number of hydrogen-bond acceptors (Lipinski definition) is 12. The molecule has 2 amide bonds. The van der Waals surface area contributed by atoms with Gasteiger partial charge < -0.3 is 33.7 Å². The Morgan fingerprint density at radius 2 is 1.41 bits per heavy atom. The number of carbonyl (C=O) groups excluding carboxylic acids is 3. The third-order valence-corrected chi connectivity index (χ3v) is 14.1. The van der Waals surface area contributed by atoms with E-state index in [1.807, 2.05) is 97.1 Å². The summed E-state index contributed by atoms with van der Waals surface area (Å²) in [6.07, 6.45) is 1.06. The van der Waals surface area contributed by atoms with Gasteiger partial charge in [-0.15, -0.1) is 11.3 Å². The van der Waals surface area contributed by atoms with Crippen LogP contribution in [0.25, 0.3) is 0 Å². The highest BCUT2D eigenvalue weighted by Crippen LogP contribution is 2.65. The minimum Gasteiger partial charge on any atom is -0.496 e. The van der Waals surface area contributed by atoms with E-state index >= 15 is 4.79 Å². The number of nitrogens with zero attached hydrogens (tertiary/aromatic N) is 2. The van der Waals surface area contributed by atoms with Crippen molar-refractivity contribution in [3.8, 4) is 5.75 Å². The molecule has 5 aromatic rings. The Bertz CT molecular complexity index is 2550. The first-order valence-electron chi connectivity index (χ1n) is 23.1. The fraction of sp³-hybridized carbons (Fsp3) is 0.415. The van der Waals surface area contributed by atoms with E-state index in [0.29, 0.717) is 17.2 Å². The molecule has 2 bridgehead atoms. The summed E-state index contributed by atoms with van der Waals surface area (Å²) in [5.74, 6) is -1.04. The molecule has 3 aliphatic carbocycles. The number of rotatable bonds is 14. The molecule has 4 unspecified atom stereocenters. The maximum Gasteiger partial charge on any atom is 0.482 e. The van der Waals surface area contributed by atoms with Crippen LogP contribution in [0.15, 0.2) is 120 Å². The molecule has 1 aliphatic heterocycles. The second-order valence-electron chi connectivity index (χ2n) is 20.6. The highest BCUT2D eigenvalue weighted by molar-refractivity contribution is 7.14. The van der Waals surface area contributed by atoms with Crippen molar-refractivity contribution in [3.05, 3.63) is 148 Å². The van der Waals surface area contributed by atoms with Crippen molar-refractivity contribution >= 4 is 47.3 Å². The van der Waals surface area contributed by atoms with Crippen LogP contribution in [0.1, 0.15) is 113 Å². The van der Waals surface area contributed by atoms with E-state index in [1.54, 1.807) is 59.1 Å². The van der Waals surface area contributed by atoms with Gasteiger partial charge in [-0.3, -0.25) is 10.1 Å². The average Bonchev–Trinajstić information content (AvgIpc) is 3.90. The van der Waals surface area contributed by atoms with Crippen molar-refractivity contribution in [1.82, 2.24) is 10.3 Å². The average molecular weight is 941 g/mol. The maximum absolute atomic E-state index is 15.4. The Balaban J connectivity index is 1.23. The van der Waals surface area contributed by atoms with E-state index in [2.05, 4.69) is 31.4 Å². The lowest BCUT2D eigenvalue weighted by molar-refractivity contribution is -0.199. The van der Waals surface area contributed by atoms with Crippen LogP contribution >= 0.6 is 11.3 Å². The van der Waals surface area contributed by atoms with Crippen molar-refractivity contribution in [2.45, 2.75) is 116 Å². The van der Waals surface area contributed by atoms with Crippen LogP contribution < -0.4 is 15.4 Å². The van der Waals surface area contributed by atoms with Crippen molar-refractivity contribution in [2.24, 2.45) is 22.4 Å². The van der Waals surface area contributed by atoms with Gasteiger partial charge in [0.05, 0.1) is 24.8 Å². The number of benzene rings is 4. The zero-order valence-electron chi connectivity index (χ0n) is 40.5. The van der Waals surface area contributed by atoms with Crippen LogP contribution in [0.2, 0.25) is 0 Å². The van der Waals surface area contributed by atoms with E-state index in [0.717, 1.165) is 40.9 Å². The third-order valence-electron chi connectivity index (χ3n) is 13.4. The van der Waals surface area contributed by atoms with Gasteiger partial charge >= 0.3 is 19.2 Å². The number of esters is 1. The molecule has 3 saturated carbocycles. The number of methoxy groups -OCH3 is 1. The molecule has 0 spiro atoms. The normalized spacial score (nSPS) is 21.4. The van der Waals surface area contributed by atoms with Crippen molar-refractivity contribution in [3.63, 3.8) is 0 Å². The Labute approximate surface area is 403 Å². The van der Waals surface area contributed by atoms with Crippen LogP contribution in [-0.2, 0) is 40.4 Å². The van der Waals surface area contributed by atoms with Gasteiger partial charge in [0.2, 0.25) is 5.60 Å². The molecule has 4 aromatic carbocycles. The van der Waals surface area contributed by atoms with Gasteiger partial charge in [-0.2, -0.15) is 0 Å². The highest BCUT2D eigenvalue weighted by Gasteiger charge is 2.68. The van der Waals surface area contributed by atoms with E-state index in [1.165, 1.54) is 7.11 Å². The van der Waals surface area contributed by atoms with Crippen molar-refractivity contribution < 1.29 is 42.7 Å². The first kappa shape index (κ1) is 48.4. The molecule has 1 aromatic heterocycles. The predicted molar refractivity (Wildman–Crippen MR) is 263 cm³/mol. The van der Waals surface area contributed by atoms with E-state index < -0.39 is 53.4 Å². The van der Waals surface area contributed by atoms with Gasteiger partial charge in [0.25, 0.3) is 5.91 Å². The number of oxime groups is 1. The molecule has 68 heavy (non-hydrogen) atoms. The number of amides is 2. The fourth-order valence-corrected chi connectivity index (χ4v) is 10.7. The Hall–Kier alpha value is -6.03. The van der Waals surface area contributed by atoms with Gasteiger partial charge in [0, 0.05) is 22.1 Å². The number of carbonyl (C=O) groups is 3. The number of aromatic nitrogens is 1. The molecule has 15 heteroatoms. The van der Waals surface area contributed by atoms with Crippen LogP contribution in [0.5, 0.6) is 5.75 Å². The van der Waals surface area contributed by atoms with Crippen LogP contribution in [-0.4, -0.2) is 71.7 Å². The summed E-state index contributed by atoms with van der Waals surface area (Å²) >= 11 is 1.10. The molecule has 0 radical (unpaired) electrons. The summed E-state index contributed by atoms with van der Waals surface area (Å²) in [5.41, 5.74) is -0.373. The lowest BCUT2D eigenvalue weighted by Gasteiger charge is -2.64. The summed E-state index contributed by atoms with van der Waals surface area (Å²) in [6.45, 7) is 17.4. The fourth-order valence-electron chi connectivity index (χ4n) is 10.1. The summed E-state index contributed by atoms with van der Waals surface area (Å²) < 4.78 is 31.1. The molecule has 13 nitrogen and oxygen atoms in total. The van der Waals surface area contributed by atoms with Gasteiger partial charge in [0.1, 0.15) is 28.2 Å². The molecule has 9 rings (SSSR count). The number of anilines is 1. The standard InChI is InChI=1S/C53H61BN4O9S/c1-49(2,3)63-46(60)38-28-20-21-33(44(38)62-10)29-42(54-65-41-31-37-30-40(51(37,7)8)52(41,9)66-54)56-45(59)43(39-32-68-47(55-39)57-48(61)64-50(4,5)6)58-67-53(34-22-14-11-15-23-34,35-24-16-12-17-25-35)36-26-18-13-19-27-36/h11-28,32,37,40-42H,29-31H2,1-10H3,(H,56,59)(H,55,57,61)/t37?,40?,41?,42-,52?/m0/s1. The molecular weight excluding hydrogens is 879 g/mol. The summed E-state index contributed by atoms with van der Waals surface area (Å²) in [7, 11) is 0.581. The maximum atomic E-state index is 15.4. The summed E-state index contributed by atoms with van der Waals surface area (Å²) in [6, 6.07) is 34.3. The largest absolute Gasteiger partial charge is 0.496 e. The Morgan fingerprint density at radius 3 is 1.96 bits per heavy atom. The van der Waals surface area contributed by atoms with Crippen LogP contribution in [0.3, 0.4) is 0 Å². The third kappa shape index (κ3) is 9.79. The van der Waals surface area contributed by atoms with Crippen molar-refractivity contribution in [2.75, 3.05) is 12.4 Å². The van der Waals surface area contributed by atoms with Crippen LogP contribution in [0.4, 0.5) is 9.93 Å². The second-order valence-corrected chi connectivity index (χ2v) is 21.5. The molecular formula is C53H61BN4O9S. The molecule has 4 fully saturated rings. The van der Waals surface area contributed by atoms with E-state index in [-0.39, 0.29) is 46.0 Å².